The van der Waals surface area contributed by atoms with Gasteiger partial charge in [0.2, 0.25) is 0 Å². The van der Waals surface area contributed by atoms with E-state index in [1.165, 1.54) is 0 Å². The van der Waals surface area contributed by atoms with E-state index < -0.39 is 0 Å². The Morgan fingerprint density at radius 2 is 2.38 bits per heavy atom. The lowest BCUT2D eigenvalue weighted by molar-refractivity contribution is 0.0657. The van der Waals surface area contributed by atoms with E-state index in [0.29, 0.717) is 11.6 Å². The van der Waals surface area contributed by atoms with Crippen molar-refractivity contribution in [3.8, 4) is 0 Å². The Balaban J connectivity index is 2.06. The zero-order chi connectivity index (χ0) is 11.7. The summed E-state index contributed by atoms with van der Waals surface area (Å²) in [7, 11) is 1.81. The first-order valence-electron chi connectivity index (χ1n) is 5.62. The summed E-state index contributed by atoms with van der Waals surface area (Å²) >= 11 is 0. The molecule has 0 aliphatic carbocycles. The molecule has 1 aliphatic rings. The van der Waals surface area contributed by atoms with Crippen LogP contribution in [-0.2, 0) is 7.05 Å². The topological polar surface area (TPSA) is 64.2 Å². The quantitative estimate of drug-likeness (QED) is 0.739. The van der Waals surface area contributed by atoms with Gasteiger partial charge in [0, 0.05) is 32.4 Å². The molecule has 88 valence electrons. The molecule has 0 radical (unpaired) electrons. The van der Waals surface area contributed by atoms with Crippen molar-refractivity contribution in [2.24, 2.45) is 18.7 Å². The van der Waals surface area contributed by atoms with Crippen molar-refractivity contribution >= 4 is 5.91 Å². The van der Waals surface area contributed by atoms with Crippen LogP contribution in [0, 0.1) is 5.92 Å². The first kappa shape index (κ1) is 11.1. The molecule has 0 bridgehead atoms. The fourth-order valence-corrected chi connectivity index (χ4v) is 2.04. The highest BCUT2D eigenvalue weighted by Crippen LogP contribution is 2.16. The van der Waals surface area contributed by atoms with Gasteiger partial charge in [0.15, 0.2) is 0 Å². The summed E-state index contributed by atoms with van der Waals surface area (Å²) in [6.45, 7) is 3.56. The van der Waals surface area contributed by atoms with Crippen LogP contribution in [0.4, 0.5) is 0 Å². The Labute approximate surface area is 95.2 Å². The average Bonchev–Trinajstić information content (AvgIpc) is 2.68. The van der Waals surface area contributed by atoms with Crippen molar-refractivity contribution in [1.29, 1.82) is 0 Å². The third-order valence-corrected chi connectivity index (χ3v) is 3.19. The van der Waals surface area contributed by atoms with Crippen LogP contribution in [0.5, 0.6) is 0 Å². The van der Waals surface area contributed by atoms with Crippen LogP contribution >= 0.6 is 0 Å². The Bertz CT molecular complexity index is 387. The highest BCUT2D eigenvalue weighted by atomic mass is 16.2. The Morgan fingerprint density at radius 1 is 1.62 bits per heavy atom. The predicted molar refractivity (Wildman–Crippen MR) is 60.9 cm³/mol. The number of carbonyl (C=O) groups excluding carboxylic acids is 1. The van der Waals surface area contributed by atoms with Gasteiger partial charge in [-0.25, -0.2) is 0 Å². The molecule has 1 aliphatic heterocycles. The van der Waals surface area contributed by atoms with Gasteiger partial charge >= 0.3 is 0 Å². The van der Waals surface area contributed by atoms with E-state index in [1.54, 1.807) is 16.9 Å². The summed E-state index contributed by atoms with van der Waals surface area (Å²) in [6, 6.07) is 1.97. The van der Waals surface area contributed by atoms with Crippen LogP contribution in [-0.4, -0.2) is 39.7 Å². The molecule has 2 unspecified atom stereocenters. The molecule has 2 atom stereocenters. The molecular formula is C11H18N4O. The number of likely N-dealkylation sites (tertiary alicyclic amines) is 1. The SMILES string of the molecule is CC1CN(C(=O)c2ccn(C)n2)CCC1N. The third-order valence-electron chi connectivity index (χ3n) is 3.19. The minimum atomic E-state index is 0.0133. The monoisotopic (exact) mass is 222 g/mol. The Morgan fingerprint density at radius 3 is 2.94 bits per heavy atom. The molecule has 2 N–H and O–H groups in total. The van der Waals surface area contributed by atoms with Crippen LogP contribution < -0.4 is 5.73 Å². The van der Waals surface area contributed by atoms with Crippen LogP contribution in [0.15, 0.2) is 12.3 Å². The van der Waals surface area contributed by atoms with Gasteiger partial charge in [-0.15, -0.1) is 0 Å². The maximum Gasteiger partial charge on any atom is 0.274 e. The molecular weight excluding hydrogens is 204 g/mol. The first-order valence-corrected chi connectivity index (χ1v) is 5.62. The smallest absolute Gasteiger partial charge is 0.274 e. The average molecular weight is 222 g/mol. The lowest BCUT2D eigenvalue weighted by Crippen LogP contribution is -2.48. The van der Waals surface area contributed by atoms with Crippen molar-refractivity contribution in [2.75, 3.05) is 13.1 Å². The summed E-state index contributed by atoms with van der Waals surface area (Å²) in [5.41, 5.74) is 6.44. The number of carbonyl (C=O) groups is 1. The van der Waals surface area contributed by atoms with Gasteiger partial charge in [0.05, 0.1) is 0 Å². The molecule has 1 saturated heterocycles. The highest BCUT2D eigenvalue weighted by molar-refractivity contribution is 5.92. The molecule has 1 aromatic rings. The first-order chi connectivity index (χ1) is 7.58. The normalized spacial score (nSPS) is 25.8. The largest absolute Gasteiger partial charge is 0.337 e. The van der Waals surface area contributed by atoms with E-state index in [-0.39, 0.29) is 11.9 Å². The van der Waals surface area contributed by atoms with Crippen molar-refractivity contribution < 1.29 is 4.79 Å². The summed E-state index contributed by atoms with van der Waals surface area (Å²) in [5.74, 6) is 0.376. The second-order valence-corrected chi connectivity index (χ2v) is 4.56. The van der Waals surface area contributed by atoms with Gasteiger partial charge in [-0.3, -0.25) is 9.48 Å². The minimum Gasteiger partial charge on any atom is -0.337 e. The highest BCUT2D eigenvalue weighted by Gasteiger charge is 2.27. The van der Waals surface area contributed by atoms with E-state index in [0.717, 1.165) is 19.5 Å². The number of hydrogen-bond acceptors (Lipinski definition) is 3. The number of hydrogen-bond donors (Lipinski definition) is 1. The summed E-state index contributed by atoms with van der Waals surface area (Å²) in [5, 5.41) is 4.12. The fourth-order valence-electron chi connectivity index (χ4n) is 2.04. The molecule has 0 saturated carbocycles. The van der Waals surface area contributed by atoms with E-state index in [9.17, 15) is 4.79 Å². The van der Waals surface area contributed by atoms with Crippen LogP contribution in [0.25, 0.3) is 0 Å². The van der Waals surface area contributed by atoms with Gasteiger partial charge in [0.25, 0.3) is 5.91 Å². The van der Waals surface area contributed by atoms with Crippen molar-refractivity contribution in [2.45, 2.75) is 19.4 Å². The second kappa shape index (κ2) is 4.25. The van der Waals surface area contributed by atoms with Gasteiger partial charge in [-0.1, -0.05) is 6.92 Å². The molecule has 5 nitrogen and oxygen atoms in total. The Hall–Kier alpha value is -1.36. The number of aryl methyl sites for hydroxylation is 1. The van der Waals surface area contributed by atoms with E-state index in [1.807, 2.05) is 11.9 Å². The molecule has 2 heterocycles. The Kier molecular flexibility index (Phi) is 2.96. The van der Waals surface area contributed by atoms with E-state index in [4.69, 9.17) is 5.73 Å². The lowest BCUT2D eigenvalue weighted by Gasteiger charge is -2.34. The van der Waals surface area contributed by atoms with Crippen LogP contribution in [0.1, 0.15) is 23.8 Å². The van der Waals surface area contributed by atoms with E-state index >= 15 is 0 Å². The third kappa shape index (κ3) is 2.09. The minimum absolute atomic E-state index is 0.0133. The van der Waals surface area contributed by atoms with Crippen LogP contribution in [0.3, 0.4) is 0 Å². The number of nitrogens with two attached hydrogens (primary N) is 1. The molecule has 0 spiro atoms. The zero-order valence-corrected chi connectivity index (χ0v) is 9.76. The lowest BCUT2D eigenvalue weighted by atomic mass is 9.94. The molecule has 1 fully saturated rings. The number of nitrogens with zero attached hydrogens (tertiary/aromatic N) is 3. The fraction of sp³-hybridized carbons (Fsp3) is 0.636. The maximum atomic E-state index is 12.1. The summed E-state index contributed by atoms with van der Waals surface area (Å²) in [4.78, 5) is 13.9. The van der Waals surface area contributed by atoms with Gasteiger partial charge in [0.1, 0.15) is 5.69 Å². The van der Waals surface area contributed by atoms with E-state index in [2.05, 4.69) is 12.0 Å². The molecule has 0 aromatic carbocycles. The number of aromatic nitrogens is 2. The summed E-state index contributed by atoms with van der Waals surface area (Å²) < 4.78 is 1.65. The zero-order valence-electron chi connectivity index (χ0n) is 9.76. The second-order valence-electron chi connectivity index (χ2n) is 4.56. The number of rotatable bonds is 1. The predicted octanol–water partition coefficient (Wildman–Crippen LogP) is 0.229. The van der Waals surface area contributed by atoms with Crippen molar-refractivity contribution in [1.82, 2.24) is 14.7 Å². The number of piperidine rings is 1. The molecule has 1 amide bonds. The van der Waals surface area contributed by atoms with Gasteiger partial charge in [-0.05, 0) is 18.4 Å². The van der Waals surface area contributed by atoms with Crippen LogP contribution in [0.2, 0.25) is 0 Å². The molecule has 1 aromatic heterocycles. The van der Waals surface area contributed by atoms with Gasteiger partial charge < -0.3 is 10.6 Å². The van der Waals surface area contributed by atoms with Crippen molar-refractivity contribution in [3.05, 3.63) is 18.0 Å². The molecule has 2 rings (SSSR count). The maximum absolute atomic E-state index is 12.1. The molecule has 5 heteroatoms. The van der Waals surface area contributed by atoms with Crippen molar-refractivity contribution in [3.63, 3.8) is 0 Å². The molecule has 16 heavy (non-hydrogen) atoms. The summed E-state index contributed by atoms with van der Waals surface area (Å²) in [6.07, 6.45) is 2.66. The number of amides is 1. The van der Waals surface area contributed by atoms with Gasteiger partial charge in [-0.2, -0.15) is 5.10 Å². The standard InChI is InChI=1S/C11H18N4O/c1-8-7-15(6-3-9(8)12)11(16)10-4-5-14(2)13-10/h4-5,8-9H,3,6-7,12H2,1-2H3.